The number of carbonyl (C=O) groups excluding carboxylic acids is 2. The van der Waals surface area contributed by atoms with Crippen molar-refractivity contribution in [2.75, 3.05) is 19.6 Å². The van der Waals surface area contributed by atoms with E-state index in [1.54, 1.807) is 0 Å². The second-order valence-electron chi connectivity index (χ2n) is 15.6. The van der Waals surface area contributed by atoms with E-state index in [4.69, 9.17) is 4.74 Å². The Morgan fingerprint density at radius 2 is 0.492 bits per heavy atom. The predicted octanol–water partition coefficient (Wildman–Crippen LogP) is 14.8. The lowest BCUT2D eigenvalue weighted by atomic mass is 9.90. The van der Waals surface area contributed by atoms with Crippen molar-refractivity contribution >= 4 is 80.2 Å². The molecule has 9 aromatic rings. The minimum Gasteiger partial charge on any atom is -0.386 e. The molecule has 3 heterocycles. The maximum atomic E-state index is 13.5. The van der Waals surface area contributed by atoms with Crippen molar-refractivity contribution in [2.45, 2.75) is 0 Å². The number of fused-ring (bicyclic) bond motifs is 5. The molecule has 12 rings (SSSR count). The summed E-state index contributed by atoms with van der Waals surface area (Å²) in [4.78, 5) is 36.2. The van der Waals surface area contributed by atoms with E-state index in [1.165, 1.54) is 0 Å². The SMILES string of the molecule is O=C1OC(=O)c2c(-c3ccc(N4c5ccccc5N(c5ccccc5)c5ccccc54)cc3)ccc(-c3ccc(N4c5ccccc5N(c5ccccc5)c5ccccc54)cc3)c21. The van der Waals surface area contributed by atoms with Gasteiger partial charge in [0.2, 0.25) is 0 Å². The molecule has 0 aromatic heterocycles. The lowest BCUT2D eigenvalue weighted by molar-refractivity contribution is 0.0444. The highest BCUT2D eigenvalue weighted by molar-refractivity contribution is 6.21. The predicted molar refractivity (Wildman–Crippen MR) is 253 cm³/mol. The van der Waals surface area contributed by atoms with Gasteiger partial charge in [0.05, 0.1) is 56.6 Å². The van der Waals surface area contributed by atoms with Crippen molar-refractivity contribution in [2.24, 2.45) is 0 Å². The first-order valence-electron chi connectivity index (χ1n) is 20.9. The number of para-hydroxylation sites is 10. The first-order valence-corrected chi connectivity index (χ1v) is 20.9. The Morgan fingerprint density at radius 3 is 0.762 bits per heavy atom. The number of carbonyl (C=O) groups is 2. The molecule has 0 spiro atoms. The lowest BCUT2D eigenvalue weighted by Crippen LogP contribution is -2.23. The molecule has 0 saturated carbocycles. The number of cyclic esters (lactones) is 2. The molecule has 0 N–H and O–H groups in total. The van der Waals surface area contributed by atoms with Gasteiger partial charge in [-0.3, -0.25) is 0 Å². The third-order valence-electron chi connectivity index (χ3n) is 12.2. The molecule has 0 aliphatic carbocycles. The Kier molecular flexibility index (Phi) is 8.33. The molecular formula is C56H36N4O3. The van der Waals surface area contributed by atoms with Gasteiger partial charge in [-0.25, -0.2) is 9.59 Å². The van der Waals surface area contributed by atoms with E-state index < -0.39 is 11.9 Å². The van der Waals surface area contributed by atoms with Crippen LogP contribution in [0.25, 0.3) is 22.3 Å². The number of esters is 2. The summed E-state index contributed by atoms with van der Waals surface area (Å²) in [5.41, 5.74) is 16.0. The summed E-state index contributed by atoms with van der Waals surface area (Å²) in [6.45, 7) is 0. The molecule has 0 fully saturated rings. The van der Waals surface area contributed by atoms with E-state index in [9.17, 15) is 9.59 Å². The molecule has 0 unspecified atom stereocenters. The van der Waals surface area contributed by atoms with E-state index >= 15 is 0 Å². The van der Waals surface area contributed by atoms with E-state index in [0.717, 1.165) is 79.4 Å². The van der Waals surface area contributed by atoms with Crippen LogP contribution in [-0.4, -0.2) is 11.9 Å². The minimum atomic E-state index is -0.642. The highest BCUT2D eigenvalue weighted by atomic mass is 16.6. The quantitative estimate of drug-likeness (QED) is 0.122. The van der Waals surface area contributed by atoms with Crippen molar-refractivity contribution in [1.29, 1.82) is 0 Å². The van der Waals surface area contributed by atoms with Gasteiger partial charge in [-0.05, 0) is 119 Å². The Bertz CT molecular complexity index is 2950. The number of ether oxygens (including phenoxy) is 1. The fourth-order valence-electron chi connectivity index (χ4n) is 9.43. The standard InChI is InChI=1S/C56H36N4O3/c61-55-53-43(37-27-31-41(32-28-37)59-49-23-11-7-19-45(49)57(39-15-3-1-4-16-39)46-20-8-12-24-50(46)59)35-36-44(54(53)56(62)63-55)38-29-33-42(34-30-38)60-51-25-13-9-21-47(51)58(40-17-5-2-6-18-40)48-22-10-14-26-52(48)60/h1-36H. The Hall–Kier alpha value is -8.68. The van der Waals surface area contributed by atoms with Crippen molar-refractivity contribution < 1.29 is 14.3 Å². The second kappa shape index (κ2) is 14.5. The zero-order valence-electron chi connectivity index (χ0n) is 33.8. The van der Waals surface area contributed by atoms with Crippen molar-refractivity contribution in [1.82, 2.24) is 0 Å². The monoisotopic (exact) mass is 812 g/mol. The average Bonchev–Trinajstić information content (AvgIpc) is 3.65. The van der Waals surface area contributed by atoms with E-state index in [0.29, 0.717) is 11.1 Å². The van der Waals surface area contributed by atoms with Crippen LogP contribution in [-0.2, 0) is 4.74 Å². The van der Waals surface area contributed by atoms with Crippen LogP contribution in [0.3, 0.4) is 0 Å². The van der Waals surface area contributed by atoms with Gasteiger partial charge < -0.3 is 24.3 Å². The largest absolute Gasteiger partial charge is 0.386 e. The molecule has 0 amide bonds. The van der Waals surface area contributed by atoms with Gasteiger partial charge in [0.1, 0.15) is 0 Å². The van der Waals surface area contributed by atoms with Gasteiger partial charge in [0, 0.05) is 22.7 Å². The Balaban J connectivity index is 0.897. The molecule has 7 heteroatoms. The lowest BCUT2D eigenvalue weighted by Gasteiger charge is -2.40. The first kappa shape index (κ1) is 36.2. The van der Waals surface area contributed by atoms with Crippen LogP contribution < -0.4 is 19.6 Å². The van der Waals surface area contributed by atoms with Gasteiger partial charge in [-0.1, -0.05) is 121 Å². The van der Waals surface area contributed by atoms with Crippen LogP contribution in [0, 0.1) is 0 Å². The smallest absolute Gasteiger partial charge is 0.347 e. The summed E-state index contributed by atoms with van der Waals surface area (Å²) in [7, 11) is 0. The molecule has 0 radical (unpaired) electrons. The summed E-state index contributed by atoms with van der Waals surface area (Å²) >= 11 is 0. The summed E-state index contributed by atoms with van der Waals surface area (Å²) in [5.74, 6) is -1.28. The van der Waals surface area contributed by atoms with Crippen molar-refractivity contribution in [3.8, 4) is 22.3 Å². The summed E-state index contributed by atoms with van der Waals surface area (Å²) in [6.07, 6.45) is 0. The minimum absolute atomic E-state index is 0.279. The molecule has 3 aliphatic rings. The molecule has 0 saturated heterocycles. The number of hydrogen-bond donors (Lipinski definition) is 0. The summed E-state index contributed by atoms with van der Waals surface area (Å²) in [5, 5.41) is 0. The van der Waals surface area contributed by atoms with Crippen LogP contribution >= 0.6 is 0 Å². The average molecular weight is 813 g/mol. The number of anilines is 12. The maximum Gasteiger partial charge on any atom is 0.347 e. The summed E-state index contributed by atoms with van der Waals surface area (Å²) in [6, 6.07) is 74.6. The van der Waals surface area contributed by atoms with Crippen LogP contribution in [0.1, 0.15) is 20.7 Å². The van der Waals surface area contributed by atoms with Gasteiger partial charge in [-0.2, -0.15) is 0 Å². The topological polar surface area (TPSA) is 56.3 Å². The first-order chi connectivity index (χ1) is 31.1. The number of hydrogen-bond acceptors (Lipinski definition) is 7. The molecular weight excluding hydrogens is 777 g/mol. The second-order valence-corrected chi connectivity index (χ2v) is 15.6. The highest BCUT2D eigenvalue weighted by Crippen LogP contribution is 2.56. The third kappa shape index (κ3) is 5.75. The fraction of sp³-hybridized carbons (Fsp3) is 0. The van der Waals surface area contributed by atoms with Crippen LogP contribution in [0.15, 0.2) is 218 Å². The molecule has 9 aromatic carbocycles. The van der Waals surface area contributed by atoms with Crippen LogP contribution in [0.5, 0.6) is 0 Å². The van der Waals surface area contributed by atoms with Gasteiger partial charge in [0.15, 0.2) is 0 Å². The van der Waals surface area contributed by atoms with Crippen LogP contribution in [0.2, 0.25) is 0 Å². The van der Waals surface area contributed by atoms with Gasteiger partial charge in [0.25, 0.3) is 0 Å². The Morgan fingerprint density at radius 1 is 0.254 bits per heavy atom. The molecule has 63 heavy (non-hydrogen) atoms. The van der Waals surface area contributed by atoms with E-state index in [2.05, 4.69) is 189 Å². The number of rotatable bonds is 6. The van der Waals surface area contributed by atoms with E-state index in [1.807, 2.05) is 48.5 Å². The van der Waals surface area contributed by atoms with Gasteiger partial charge >= 0.3 is 11.9 Å². The van der Waals surface area contributed by atoms with Crippen LogP contribution in [0.4, 0.5) is 68.2 Å². The molecule has 0 atom stereocenters. The fourth-order valence-corrected chi connectivity index (χ4v) is 9.43. The third-order valence-corrected chi connectivity index (χ3v) is 12.2. The highest BCUT2D eigenvalue weighted by Gasteiger charge is 2.37. The normalized spacial score (nSPS) is 13.5. The van der Waals surface area contributed by atoms with E-state index in [-0.39, 0.29) is 11.1 Å². The number of nitrogens with zero attached hydrogens (tertiary/aromatic N) is 4. The summed E-state index contributed by atoms with van der Waals surface area (Å²) < 4.78 is 5.34. The Labute approximate surface area is 364 Å². The molecule has 298 valence electrons. The van der Waals surface area contributed by atoms with Gasteiger partial charge in [-0.15, -0.1) is 0 Å². The zero-order valence-corrected chi connectivity index (χ0v) is 33.8. The number of benzene rings is 9. The molecule has 7 nitrogen and oxygen atoms in total. The van der Waals surface area contributed by atoms with Crippen molar-refractivity contribution in [3.63, 3.8) is 0 Å². The molecule has 0 bridgehead atoms. The molecule has 3 aliphatic heterocycles. The van der Waals surface area contributed by atoms with Crippen molar-refractivity contribution in [3.05, 3.63) is 230 Å². The zero-order chi connectivity index (χ0) is 42.0. The maximum absolute atomic E-state index is 13.5.